The predicted molar refractivity (Wildman–Crippen MR) is 55.5 cm³/mol. The minimum absolute atomic E-state index is 0.155. The van der Waals surface area contributed by atoms with Crippen LogP contribution >= 0.6 is 0 Å². The van der Waals surface area contributed by atoms with Gasteiger partial charge in [-0.1, -0.05) is 0 Å². The highest BCUT2D eigenvalue weighted by Crippen LogP contribution is 2.39. The predicted octanol–water partition coefficient (Wildman–Crippen LogP) is 0.996. The minimum atomic E-state index is -1.20. The molecule has 1 N–H and O–H groups in total. The molecule has 2 fully saturated rings. The van der Waals surface area contributed by atoms with Crippen molar-refractivity contribution in [3.8, 4) is 0 Å². The Hall–Kier alpha value is -0.200. The van der Waals surface area contributed by atoms with Gasteiger partial charge in [-0.25, -0.2) is 0 Å². The maximum Gasteiger partial charge on any atom is 0.190 e. The van der Waals surface area contributed by atoms with E-state index in [-0.39, 0.29) is 18.3 Å². The number of hydrogen-bond acceptors (Lipinski definition) is 5. The summed E-state index contributed by atoms with van der Waals surface area (Å²) in [5.74, 6) is -1.86. The summed E-state index contributed by atoms with van der Waals surface area (Å²) in [4.78, 5) is 0. The normalized spacial score (nSPS) is 42.4. The molecule has 0 aromatic carbocycles. The molecule has 2 saturated heterocycles. The van der Waals surface area contributed by atoms with E-state index in [4.69, 9.17) is 18.9 Å². The van der Waals surface area contributed by atoms with E-state index in [9.17, 15) is 5.11 Å². The fourth-order valence-corrected chi connectivity index (χ4v) is 2.14. The molecular weight excluding hydrogens is 212 g/mol. The van der Waals surface area contributed by atoms with Gasteiger partial charge in [0.05, 0.1) is 6.10 Å². The van der Waals surface area contributed by atoms with Crippen molar-refractivity contribution in [2.75, 3.05) is 0 Å². The van der Waals surface area contributed by atoms with E-state index >= 15 is 0 Å². The summed E-state index contributed by atoms with van der Waals surface area (Å²) in [5, 5.41) is 9.67. The van der Waals surface area contributed by atoms with Gasteiger partial charge in [0.25, 0.3) is 0 Å². The minimum Gasteiger partial charge on any atom is -0.366 e. The lowest BCUT2D eigenvalue weighted by Crippen LogP contribution is -2.41. The van der Waals surface area contributed by atoms with Crippen molar-refractivity contribution < 1.29 is 24.1 Å². The first-order valence-electron chi connectivity index (χ1n) is 5.59. The molecule has 16 heavy (non-hydrogen) atoms. The molecule has 0 spiro atoms. The second-order valence-electron chi connectivity index (χ2n) is 5.34. The molecule has 0 saturated carbocycles. The quantitative estimate of drug-likeness (QED) is 0.720. The molecule has 5 heteroatoms. The first kappa shape index (κ1) is 12.3. The van der Waals surface area contributed by atoms with Crippen LogP contribution in [0.25, 0.3) is 0 Å². The fraction of sp³-hybridized carbons (Fsp3) is 1.00. The van der Waals surface area contributed by atoms with Crippen LogP contribution in [0.3, 0.4) is 0 Å². The van der Waals surface area contributed by atoms with Gasteiger partial charge in [-0.2, -0.15) is 0 Å². The van der Waals surface area contributed by atoms with Crippen LogP contribution < -0.4 is 0 Å². The molecule has 0 aromatic heterocycles. The zero-order valence-corrected chi connectivity index (χ0v) is 10.4. The van der Waals surface area contributed by atoms with Gasteiger partial charge in [0.2, 0.25) is 0 Å². The van der Waals surface area contributed by atoms with Gasteiger partial charge < -0.3 is 24.1 Å². The van der Waals surface area contributed by atoms with E-state index in [1.165, 1.54) is 0 Å². The van der Waals surface area contributed by atoms with Crippen molar-refractivity contribution in [2.24, 2.45) is 0 Å². The van der Waals surface area contributed by atoms with Crippen LogP contribution in [0.15, 0.2) is 0 Å². The summed E-state index contributed by atoms with van der Waals surface area (Å²) in [5.41, 5.74) is 0. The van der Waals surface area contributed by atoms with E-state index in [2.05, 4.69) is 0 Å². The number of rotatable bonds is 2. The largest absolute Gasteiger partial charge is 0.366 e. The summed E-state index contributed by atoms with van der Waals surface area (Å²) in [6.07, 6.45) is -1.15. The Labute approximate surface area is 95.6 Å². The molecule has 2 aliphatic rings. The summed E-state index contributed by atoms with van der Waals surface area (Å²) in [6, 6.07) is 0. The summed E-state index contributed by atoms with van der Waals surface area (Å²) >= 11 is 0. The Kier molecular flexibility index (Phi) is 2.79. The molecule has 0 aliphatic carbocycles. The third-order valence-corrected chi connectivity index (χ3v) is 2.65. The van der Waals surface area contributed by atoms with Gasteiger partial charge in [-0.3, -0.25) is 0 Å². The van der Waals surface area contributed by atoms with Crippen LogP contribution in [0.4, 0.5) is 0 Å². The topological polar surface area (TPSA) is 57.2 Å². The Morgan fingerprint density at radius 3 is 2.44 bits per heavy atom. The first-order valence-corrected chi connectivity index (χ1v) is 5.59. The van der Waals surface area contributed by atoms with Crippen LogP contribution in [0.5, 0.6) is 0 Å². The molecule has 2 heterocycles. The van der Waals surface area contributed by atoms with Gasteiger partial charge in [-0.15, -0.1) is 0 Å². The smallest absolute Gasteiger partial charge is 0.190 e. The van der Waals surface area contributed by atoms with E-state index in [0.717, 1.165) is 0 Å². The molecule has 0 amide bonds. The molecule has 0 bridgehead atoms. The molecule has 0 radical (unpaired) electrons. The molecular formula is C11H20O5. The van der Waals surface area contributed by atoms with E-state index in [1.807, 2.05) is 20.8 Å². The Morgan fingerprint density at radius 2 is 1.88 bits per heavy atom. The lowest BCUT2D eigenvalue weighted by Gasteiger charge is -2.29. The van der Waals surface area contributed by atoms with E-state index in [1.54, 1.807) is 13.8 Å². The maximum atomic E-state index is 9.67. The van der Waals surface area contributed by atoms with Crippen molar-refractivity contribution in [3.63, 3.8) is 0 Å². The summed E-state index contributed by atoms with van der Waals surface area (Å²) < 4.78 is 22.4. The zero-order chi connectivity index (χ0) is 12.1. The van der Waals surface area contributed by atoms with E-state index in [0.29, 0.717) is 0 Å². The van der Waals surface area contributed by atoms with Crippen molar-refractivity contribution in [3.05, 3.63) is 0 Å². The fourth-order valence-electron chi connectivity index (χ4n) is 2.14. The van der Waals surface area contributed by atoms with Gasteiger partial charge in [0.15, 0.2) is 17.9 Å². The highest BCUT2D eigenvalue weighted by Gasteiger charge is 2.55. The van der Waals surface area contributed by atoms with Gasteiger partial charge in [0.1, 0.15) is 12.2 Å². The average Bonchev–Trinajstić information content (AvgIpc) is 2.45. The SMILES string of the molecule is C[C@@H]1OC2OC(C)(C)OC2C1OC(C)(C)O. The number of ether oxygens (including phenoxy) is 4. The maximum absolute atomic E-state index is 9.67. The average molecular weight is 232 g/mol. The van der Waals surface area contributed by atoms with Crippen LogP contribution in [0, 0.1) is 0 Å². The number of aliphatic hydroxyl groups is 1. The third-order valence-electron chi connectivity index (χ3n) is 2.65. The van der Waals surface area contributed by atoms with Crippen LogP contribution in [-0.2, 0) is 18.9 Å². The molecule has 2 aliphatic heterocycles. The standard InChI is InChI=1S/C11H20O5/c1-6-7(14-10(2,3)12)8-9(13-6)16-11(4,5)15-8/h6-9,12H,1-5H3/t6-,7?,8?,9?/m0/s1. The van der Waals surface area contributed by atoms with Crippen LogP contribution in [-0.4, -0.2) is 41.3 Å². The Balaban J connectivity index is 2.08. The molecule has 3 unspecified atom stereocenters. The van der Waals surface area contributed by atoms with Gasteiger partial charge in [-0.05, 0) is 34.6 Å². The molecule has 5 nitrogen and oxygen atoms in total. The third kappa shape index (κ3) is 2.38. The van der Waals surface area contributed by atoms with Gasteiger partial charge >= 0.3 is 0 Å². The lowest BCUT2D eigenvalue weighted by molar-refractivity contribution is -0.255. The Morgan fingerprint density at radius 1 is 1.25 bits per heavy atom. The van der Waals surface area contributed by atoms with Crippen molar-refractivity contribution in [1.29, 1.82) is 0 Å². The summed E-state index contributed by atoms with van der Waals surface area (Å²) in [6.45, 7) is 8.73. The first-order chi connectivity index (χ1) is 7.18. The van der Waals surface area contributed by atoms with Crippen molar-refractivity contribution in [2.45, 2.75) is 70.8 Å². The molecule has 94 valence electrons. The van der Waals surface area contributed by atoms with Gasteiger partial charge in [0, 0.05) is 0 Å². The number of fused-ring (bicyclic) bond motifs is 1. The number of hydrogen-bond donors (Lipinski definition) is 1. The van der Waals surface area contributed by atoms with Crippen molar-refractivity contribution >= 4 is 0 Å². The molecule has 4 atom stereocenters. The second kappa shape index (κ2) is 3.65. The zero-order valence-electron chi connectivity index (χ0n) is 10.4. The van der Waals surface area contributed by atoms with Crippen molar-refractivity contribution in [1.82, 2.24) is 0 Å². The monoisotopic (exact) mass is 232 g/mol. The summed E-state index contributed by atoms with van der Waals surface area (Å²) in [7, 11) is 0. The Bertz CT molecular complexity index is 270. The highest BCUT2D eigenvalue weighted by molar-refractivity contribution is 4.92. The second-order valence-corrected chi connectivity index (χ2v) is 5.34. The lowest BCUT2D eigenvalue weighted by atomic mass is 10.1. The van der Waals surface area contributed by atoms with E-state index < -0.39 is 17.9 Å². The highest BCUT2D eigenvalue weighted by atomic mass is 16.8. The van der Waals surface area contributed by atoms with Crippen LogP contribution in [0.1, 0.15) is 34.6 Å². The molecule has 2 rings (SSSR count). The van der Waals surface area contributed by atoms with Crippen LogP contribution in [0.2, 0.25) is 0 Å². The molecule has 0 aromatic rings.